The molecule has 1 aromatic carbocycles. The van der Waals surface area contributed by atoms with Gasteiger partial charge in [-0.1, -0.05) is 0 Å². The van der Waals surface area contributed by atoms with E-state index < -0.39 is 17.3 Å². The van der Waals surface area contributed by atoms with Gasteiger partial charge in [0.1, 0.15) is 5.41 Å². The molecule has 0 radical (unpaired) electrons. The predicted octanol–water partition coefficient (Wildman–Crippen LogP) is 1.96. The average Bonchev–Trinajstić information content (AvgIpc) is 2.38. The summed E-state index contributed by atoms with van der Waals surface area (Å²) in [6.45, 7) is 3.07. The standard InChI is InChI=1S/C13H14N2O3/c1-13(2,8-14)12(17)15-10-6-4-9(5-7-10)11(16)18-3/h4-7H,1-3H3,(H,15,17). The normalized spacial score (nSPS) is 10.3. The minimum Gasteiger partial charge on any atom is -0.465 e. The maximum atomic E-state index is 11.7. The molecule has 0 aliphatic heterocycles. The molecule has 18 heavy (non-hydrogen) atoms. The molecule has 0 saturated carbocycles. The van der Waals surface area contributed by atoms with Gasteiger partial charge in [0.05, 0.1) is 18.7 Å². The van der Waals surface area contributed by atoms with Gasteiger partial charge in [0.2, 0.25) is 5.91 Å². The fraction of sp³-hybridized carbons (Fsp3) is 0.308. The summed E-state index contributed by atoms with van der Waals surface area (Å²) < 4.78 is 4.56. The second-order valence-electron chi connectivity index (χ2n) is 4.26. The topological polar surface area (TPSA) is 79.2 Å². The number of anilines is 1. The largest absolute Gasteiger partial charge is 0.465 e. The molecule has 1 amide bonds. The third kappa shape index (κ3) is 3.08. The number of amides is 1. The van der Waals surface area contributed by atoms with Crippen LogP contribution in [0.15, 0.2) is 24.3 Å². The molecule has 0 saturated heterocycles. The molecule has 0 atom stereocenters. The molecular weight excluding hydrogens is 232 g/mol. The smallest absolute Gasteiger partial charge is 0.337 e. The molecule has 0 aromatic heterocycles. The quantitative estimate of drug-likeness (QED) is 0.827. The van der Waals surface area contributed by atoms with Crippen LogP contribution in [0.5, 0.6) is 0 Å². The monoisotopic (exact) mass is 246 g/mol. The minimum atomic E-state index is -1.10. The summed E-state index contributed by atoms with van der Waals surface area (Å²) in [6.07, 6.45) is 0. The van der Waals surface area contributed by atoms with Gasteiger partial charge in [-0.2, -0.15) is 5.26 Å². The van der Waals surface area contributed by atoms with Gasteiger partial charge in [-0.3, -0.25) is 4.79 Å². The molecular formula is C13H14N2O3. The lowest BCUT2D eigenvalue weighted by molar-refractivity contribution is -0.121. The van der Waals surface area contributed by atoms with Crippen molar-refractivity contribution < 1.29 is 14.3 Å². The van der Waals surface area contributed by atoms with Crippen molar-refractivity contribution in [3.63, 3.8) is 0 Å². The molecule has 94 valence electrons. The summed E-state index contributed by atoms with van der Waals surface area (Å²) >= 11 is 0. The van der Waals surface area contributed by atoms with Crippen LogP contribution in [-0.2, 0) is 9.53 Å². The lowest BCUT2D eigenvalue weighted by Crippen LogP contribution is -2.29. The molecule has 0 heterocycles. The van der Waals surface area contributed by atoms with E-state index in [0.717, 1.165) is 0 Å². The number of methoxy groups -OCH3 is 1. The Morgan fingerprint density at radius 1 is 1.28 bits per heavy atom. The van der Waals surface area contributed by atoms with Crippen LogP contribution < -0.4 is 5.32 Å². The Morgan fingerprint density at radius 2 is 1.83 bits per heavy atom. The number of esters is 1. The highest BCUT2D eigenvalue weighted by Gasteiger charge is 2.27. The van der Waals surface area contributed by atoms with Crippen LogP contribution in [-0.4, -0.2) is 19.0 Å². The molecule has 1 aromatic rings. The van der Waals surface area contributed by atoms with E-state index in [1.54, 1.807) is 24.3 Å². The Labute approximate surface area is 105 Å². The number of rotatable bonds is 3. The number of nitrogens with one attached hydrogen (secondary N) is 1. The van der Waals surface area contributed by atoms with Crippen molar-refractivity contribution >= 4 is 17.6 Å². The second-order valence-corrected chi connectivity index (χ2v) is 4.26. The zero-order chi connectivity index (χ0) is 13.8. The Kier molecular flexibility index (Phi) is 4.05. The van der Waals surface area contributed by atoms with Gasteiger partial charge in [-0.25, -0.2) is 4.79 Å². The van der Waals surface area contributed by atoms with E-state index in [4.69, 9.17) is 5.26 Å². The predicted molar refractivity (Wildman–Crippen MR) is 65.8 cm³/mol. The van der Waals surface area contributed by atoms with Crippen LogP contribution in [0.1, 0.15) is 24.2 Å². The molecule has 1 rings (SSSR count). The Balaban J connectivity index is 2.80. The highest BCUT2D eigenvalue weighted by molar-refractivity contribution is 5.97. The van der Waals surface area contributed by atoms with E-state index in [9.17, 15) is 9.59 Å². The first kappa shape index (κ1) is 13.7. The van der Waals surface area contributed by atoms with Crippen LogP contribution in [0.3, 0.4) is 0 Å². The van der Waals surface area contributed by atoms with Crippen LogP contribution in [0.25, 0.3) is 0 Å². The van der Waals surface area contributed by atoms with E-state index in [2.05, 4.69) is 10.1 Å². The number of carbonyl (C=O) groups excluding carboxylic acids is 2. The molecule has 1 N–H and O–H groups in total. The first-order valence-corrected chi connectivity index (χ1v) is 5.32. The fourth-order valence-electron chi connectivity index (χ4n) is 1.15. The van der Waals surface area contributed by atoms with Crippen LogP contribution in [0.2, 0.25) is 0 Å². The van der Waals surface area contributed by atoms with Gasteiger partial charge in [0.25, 0.3) is 0 Å². The average molecular weight is 246 g/mol. The van der Waals surface area contributed by atoms with Crippen molar-refractivity contribution in [1.82, 2.24) is 0 Å². The summed E-state index contributed by atoms with van der Waals surface area (Å²) in [4.78, 5) is 22.9. The molecule has 5 nitrogen and oxygen atoms in total. The molecule has 0 bridgehead atoms. The summed E-state index contributed by atoms with van der Waals surface area (Å²) in [6, 6.07) is 8.16. The highest BCUT2D eigenvalue weighted by atomic mass is 16.5. The molecule has 0 aliphatic rings. The van der Waals surface area contributed by atoms with Crippen molar-refractivity contribution in [3.05, 3.63) is 29.8 Å². The van der Waals surface area contributed by atoms with Gasteiger partial charge < -0.3 is 10.1 Å². The van der Waals surface area contributed by atoms with Gasteiger partial charge in [0.15, 0.2) is 0 Å². The molecule has 0 unspecified atom stereocenters. The van der Waals surface area contributed by atoms with E-state index >= 15 is 0 Å². The Bertz CT molecular complexity index is 498. The van der Waals surface area contributed by atoms with Gasteiger partial charge in [-0.05, 0) is 38.1 Å². The van der Waals surface area contributed by atoms with E-state index in [-0.39, 0.29) is 0 Å². The number of hydrogen-bond acceptors (Lipinski definition) is 4. The van der Waals surface area contributed by atoms with Gasteiger partial charge in [-0.15, -0.1) is 0 Å². The van der Waals surface area contributed by atoms with E-state index in [0.29, 0.717) is 11.3 Å². The molecule has 0 aliphatic carbocycles. The first-order valence-electron chi connectivity index (χ1n) is 5.32. The third-order valence-corrected chi connectivity index (χ3v) is 2.41. The van der Waals surface area contributed by atoms with E-state index in [1.165, 1.54) is 21.0 Å². The number of carbonyl (C=O) groups is 2. The summed E-state index contributed by atoms with van der Waals surface area (Å²) in [5.74, 6) is -0.832. The molecule has 0 spiro atoms. The van der Waals surface area contributed by atoms with Gasteiger partial charge >= 0.3 is 5.97 Å². The summed E-state index contributed by atoms with van der Waals surface area (Å²) in [7, 11) is 1.30. The third-order valence-electron chi connectivity index (χ3n) is 2.41. The van der Waals surface area contributed by atoms with Gasteiger partial charge in [0, 0.05) is 5.69 Å². The van der Waals surface area contributed by atoms with Crippen molar-refractivity contribution in [1.29, 1.82) is 5.26 Å². The maximum absolute atomic E-state index is 11.7. The summed E-state index contributed by atoms with van der Waals surface area (Å²) in [5, 5.41) is 11.4. The lowest BCUT2D eigenvalue weighted by atomic mass is 9.94. The van der Waals surface area contributed by atoms with Crippen LogP contribution in [0.4, 0.5) is 5.69 Å². The minimum absolute atomic E-state index is 0.393. The van der Waals surface area contributed by atoms with Crippen LogP contribution in [0, 0.1) is 16.7 Å². The molecule has 0 fully saturated rings. The highest BCUT2D eigenvalue weighted by Crippen LogP contribution is 2.17. The second kappa shape index (κ2) is 5.32. The molecule has 5 heteroatoms. The lowest BCUT2D eigenvalue weighted by Gasteiger charge is -2.15. The Hall–Kier alpha value is -2.35. The Morgan fingerprint density at radius 3 is 2.28 bits per heavy atom. The fourth-order valence-corrected chi connectivity index (χ4v) is 1.15. The summed E-state index contributed by atoms with van der Waals surface area (Å²) in [5.41, 5.74) is -0.174. The van der Waals surface area contributed by atoms with E-state index in [1.807, 2.05) is 6.07 Å². The van der Waals surface area contributed by atoms with Crippen molar-refractivity contribution in [2.24, 2.45) is 5.41 Å². The number of hydrogen-bond donors (Lipinski definition) is 1. The zero-order valence-electron chi connectivity index (χ0n) is 10.5. The van der Waals surface area contributed by atoms with Crippen molar-refractivity contribution in [2.45, 2.75) is 13.8 Å². The number of nitrogens with zero attached hydrogens (tertiary/aromatic N) is 1. The van der Waals surface area contributed by atoms with Crippen LogP contribution >= 0.6 is 0 Å². The van der Waals surface area contributed by atoms with Crippen molar-refractivity contribution in [3.8, 4) is 6.07 Å². The number of benzene rings is 1. The number of ether oxygens (including phenoxy) is 1. The van der Waals surface area contributed by atoms with Crippen molar-refractivity contribution in [2.75, 3.05) is 12.4 Å². The SMILES string of the molecule is COC(=O)c1ccc(NC(=O)C(C)(C)C#N)cc1. The first-order chi connectivity index (χ1) is 8.40. The maximum Gasteiger partial charge on any atom is 0.337 e. The zero-order valence-corrected chi connectivity index (χ0v) is 10.5. The number of nitriles is 1.